The Balaban J connectivity index is 0.974. The van der Waals surface area contributed by atoms with Crippen LogP contribution in [0.25, 0.3) is 94.5 Å². The normalized spacial score (nSPS) is 12.1. The van der Waals surface area contributed by atoms with Crippen LogP contribution < -0.4 is 9.30 Å². The van der Waals surface area contributed by atoms with Gasteiger partial charge in [-0.3, -0.25) is 4.57 Å². The van der Waals surface area contributed by atoms with Crippen molar-refractivity contribution in [3.63, 3.8) is 0 Å². The number of hydrogen-bond donors (Lipinski definition) is 0. The molecule has 0 bridgehead atoms. The van der Waals surface area contributed by atoms with Crippen molar-refractivity contribution in [2.75, 3.05) is 0 Å². The number of hydrogen-bond acceptors (Lipinski definition) is 2. The molecule has 0 fully saturated rings. The van der Waals surface area contributed by atoms with E-state index in [9.17, 15) is 2.74 Å². The first kappa shape index (κ1) is 40.3. The van der Waals surface area contributed by atoms with Gasteiger partial charge in [0.2, 0.25) is 0 Å². The molecule has 0 saturated carbocycles. The Morgan fingerprint density at radius 1 is 0.500 bits per heavy atom. The summed E-state index contributed by atoms with van der Waals surface area (Å²) in [7, 11) is 0. The third-order valence-corrected chi connectivity index (χ3v) is 13.5. The number of fused-ring (bicyclic) bond motifs is 4. The van der Waals surface area contributed by atoms with Gasteiger partial charge in [0.15, 0.2) is 11.0 Å². The van der Waals surface area contributed by atoms with Crippen LogP contribution in [0.2, 0.25) is 0 Å². The second kappa shape index (κ2) is 17.4. The number of pyridine rings is 1. The molecule has 0 aliphatic rings. The first-order valence-corrected chi connectivity index (χ1v) is 23.9. The predicted octanol–water partition coefficient (Wildman–Crippen LogP) is 16.5. The van der Waals surface area contributed by atoms with Gasteiger partial charge in [-0.15, -0.1) is 0 Å². The van der Waals surface area contributed by atoms with Crippen molar-refractivity contribution < 1.29 is 12.0 Å². The maximum Gasteiger partial charge on any atom is 0.255 e. The lowest BCUT2D eigenvalue weighted by Crippen LogP contribution is -2.30. The first-order chi connectivity index (χ1) is 35.1. The Labute approximate surface area is 411 Å². The smallest absolute Gasteiger partial charge is 0.255 e. The van der Waals surface area contributed by atoms with E-state index in [2.05, 4.69) is 224 Å². The summed E-state index contributed by atoms with van der Waals surface area (Å²) in [6.45, 7) is 8.51. The molecule has 0 spiro atoms. The van der Waals surface area contributed by atoms with Crippen molar-refractivity contribution in [1.29, 1.82) is 0 Å². The van der Waals surface area contributed by atoms with Gasteiger partial charge < -0.3 is 4.74 Å². The lowest BCUT2D eigenvalue weighted by atomic mass is 9.86. The van der Waals surface area contributed by atoms with Crippen molar-refractivity contribution in [1.82, 2.24) is 14.1 Å². The number of para-hydroxylation sites is 3. The van der Waals surface area contributed by atoms with Crippen molar-refractivity contribution in [3.05, 3.63) is 248 Å². The number of rotatable bonds is 9. The number of imidazole rings is 1. The van der Waals surface area contributed by atoms with Crippen LogP contribution in [0.15, 0.2) is 237 Å². The second-order valence-electron chi connectivity index (χ2n) is 19.0. The van der Waals surface area contributed by atoms with Gasteiger partial charge in [0, 0.05) is 45.8 Å². The minimum absolute atomic E-state index is 0.00691. The Morgan fingerprint density at radius 2 is 1.11 bits per heavy atom. The SMILES string of the molecule is [2H]c1nc(-n2c3ccc(-c4ccccc4)cc3c3ccc(Oc4cccc(-n5c[n+](-c6c(-c7ccccc7)cccc6-c6ccccc6)c6ccccc65)c4)cc32)c([2H])c(C)c1-c1ccc(C(C)(C)C)cc1. The third-order valence-electron chi connectivity index (χ3n) is 13.5. The Morgan fingerprint density at radius 3 is 1.81 bits per heavy atom. The zero-order valence-corrected chi connectivity index (χ0v) is 39.6. The molecule has 0 N–H and O–H groups in total. The van der Waals surface area contributed by atoms with Crippen molar-refractivity contribution >= 4 is 32.8 Å². The van der Waals surface area contributed by atoms with Gasteiger partial charge in [-0.05, 0) is 106 Å². The van der Waals surface area contributed by atoms with E-state index in [-0.39, 0.29) is 17.6 Å². The summed E-state index contributed by atoms with van der Waals surface area (Å²) in [6.07, 6.45) is 2.31. The van der Waals surface area contributed by atoms with E-state index < -0.39 is 0 Å². The van der Waals surface area contributed by atoms with E-state index in [1.165, 1.54) is 5.56 Å². The van der Waals surface area contributed by atoms with E-state index in [4.69, 9.17) is 9.72 Å². The topological polar surface area (TPSA) is 35.9 Å². The van der Waals surface area contributed by atoms with E-state index in [0.717, 1.165) is 83.2 Å². The van der Waals surface area contributed by atoms with Gasteiger partial charge in [0.05, 0.1) is 13.8 Å². The van der Waals surface area contributed by atoms with Gasteiger partial charge in [-0.2, -0.15) is 9.13 Å². The van der Waals surface area contributed by atoms with Crippen LogP contribution in [0.5, 0.6) is 11.5 Å². The maximum absolute atomic E-state index is 9.69. The van der Waals surface area contributed by atoms with Gasteiger partial charge in [0.1, 0.15) is 28.7 Å². The van der Waals surface area contributed by atoms with Gasteiger partial charge in [-0.25, -0.2) is 4.98 Å². The zero-order chi connectivity index (χ0) is 49.1. The Kier molecular flexibility index (Phi) is 10.00. The molecule has 0 unspecified atom stereocenters. The standard InChI is InChI=1S/C65H51N4O/c1-44-38-63(66-42-58(44)48-30-33-50(34-31-48)65(2,3)4)69-59-37-32-49(45-18-8-5-9-19-45)39-57(59)56-36-35-53(41-62(56)69)70-52-25-16-24-51(40-52)67-43-68(61-29-15-14-28-60(61)67)64-54(46-20-10-6-11-21-46)26-17-27-55(64)47-22-12-7-13-23-47/h5-43H,1-4H3/q+1/i38D,42D. The molecule has 12 aromatic rings. The van der Waals surface area contributed by atoms with Crippen LogP contribution in [0.4, 0.5) is 0 Å². The monoisotopic (exact) mass is 905 g/mol. The molecule has 5 heteroatoms. The molecule has 9 aromatic carbocycles. The van der Waals surface area contributed by atoms with E-state index in [0.29, 0.717) is 28.4 Å². The number of aromatic nitrogens is 4. The zero-order valence-electron chi connectivity index (χ0n) is 41.6. The number of nitrogens with zero attached hydrogens (tertiary/aromatic N) is 4. The van der Waals surface area contributed by atoms with Crippen LogP contribution in [0, 0.1) is 6.92 Å². The molecule has 0 radical (unpaired) electrons. The van der Waals surface area contributed by atoms with Crippen molar-refractivity contribution in [2.24, 2.45) is 0 Å². The summed E-state index contributed by atoms with van der Waals surface area (Å²) < 4.78 is 32.5. The summed E-state index contributed by atoms with van der Waals surface area (Å²) in [5, 5.41) is 2.01. The molecule has 70 heavy (non-hydrogen) atoms. The van der Waals surface area contributed by atoms with Gasteiger partial charge in [0.25, 0.3) is 6.33 Å². The molecule has 12 rings (SSSR count). The molecule has 0 atom stereocenters. The summed E-state index contributed by atoms with van der Waals surface area (Å²) in [5.74, 6) is 1.70. The molecule has 336 valence electrons. The second-order valence-corrected chi connectivity index (χ2v) is 19.0. The highest BCUT2D eigenvalue weighted by molar-refractivity contribution is 6.10. The predicted molar refractivity (Wildman–Crippen MR) is 289 cm³/mol. The van der Waals surface area contributed by atoms with Crippen molar-refractivity contribution in [3.8, 4) is 73.2 Å². The third kappa shape index (κ3) is 7.72. The molecule has 3 aromatic heterocycles. The van der Waals surface area contributed by atoms with Crippen LogP contribution in [-0.2, 0) is 5.41 Å². The highest BCUT2D eigenvalue weighted by atomic mass is 16.5. The molecule has 0 aliphatic heterocycles. The molecule has 0 saturated heterocycles. The molecular formula is C65H51N4O+. The number of benzene rings is 9. The molecule has 0 amide bonds. The lowest BCUT2D eigenvalue weighted by Gasteiger charge is -2.19. The summed E-state index contributed by atoms with van der Waals surface area (Å²) in [6, 6.07) is 76.0. The first-order valence-electron chi connectivity index (χ1n) is 24.9. The quantitative estimate of drug-likeness (QED) is 0.135. The average molecular weight is 906 g/mol. The van der Waals surface area contributed by atoms with Gasteiger partial charge in [-0.1, -0.05) is 178 Å². The summed E-state index contributed by atoms with van der Waals surface area (Å²) in [4.78, 5) is 4.95. The maximum atomic E-state index is 9.69. The largest absolute Gasteiger partial charge is 0.457 e. The Hall–Kier alpha value is -8.80. The summed E-state index contributed by atoms with van der Waals surface area (Å²) in [5.41, 5.74) is 16.1. The lowest BCUT2D eigenvalue weighted by molar-refractivity contribution is -0.566. The van der Waals surface area contributed by atoms with Crippen LogP contribution in [0.3, 0.4) is 0 Å². The van der Waals surface area contributed by atoms with Gasteiger partial charge >= 0.3 is 0 Å². The summed E-state index contributed by atoms with van der Waals surface area (Å²) >= 11 is 0. The molecular weight excluding hydrogens is 853 g/mol. The molecule has 3 heterocycles. The van der Waals surface area contributed by atoms with Crippen LogP contribution in [-0.4, -0.2) is 14.1 Å². The fraction of sp³-hybridized carbons (Fsp3) is 0.0769. The van der Waals surface area contributed by atoms with E-state index in [1.807, 2.05) is 41.8 Å². The molecule has 0 aliphatic carbocycles. The Bertz CT molecular complexity index is 3950. The minimum Gasteiger partial charge on any atom is -0.457 e. The highest BCUT2D eigenvalue weighted by Gasteiger charge is 2.25. The average Bonchev–Trinajstić information content (AvgIpc) is 3.96. The van der Waals surface area contributed by atoms with Crippen LogP contribution >= 0.6 is 0 Å². The fourth-order valence-electron chi connectivity index (χ4n) is 9.91. The van der Waals surface area contributed by atoms with Crippen LogP contribution in [0.1, 0.15) is 34.6 Å². The fourth-order valence-corrected chi connectivity index (χ4v) is 9.91. The van der Waals surface area contributed by atoms with E-state index >= 15 is 0 Å². The molecule has 5 nitrogen and oxygen atoms in total. The number of ether oxygens (including phenoxy) is 1. The van der Waals surface area contributed by atoms with Crippen molar-refractivity contribution in [2.45, 2.75) is 33.1 Å². The van der Waals surface area contributed by atoms with E-state index in [1.54, 1.807) is 0 Å². The highest BCUT2D eigenvalue weighted by Crippen LogP contribution is 2.39. The minimum atomic E-state index is -0.00691.